The number of rotatable bonds is 1. The Bertz CT molecular complexity index is 176. The van der Waals surface area contributed by atoms with Crippen LogP contribution < -0.4 is 0 Å². The summed E-state index contributed by atoms with van der Waals surface area (Å²) in [5, 5.41) is 2.72. The van der Waals surface area contributed by atoms with E-state index in [-0.39, 0.29) is 26.2 Å². The minimum atomic E-state index is 0. The summed E-state index contributed by atoms with van der Waals surface area (Å²) in [6.07, 6.45) is 0. The first-order valence-electron chi connectivity index (χ1n) is 2.32. The molecule has 0 bridgehead atoms. The predicted molar refractivity (Wildman–Crippen MR) is 41.8 cm³/mol. The van der Waals surface area contributed by atoms with E-state index in [2.05, 4.69) is 5.18 Å². The van der Waals surface area contributed by atoms with Crippen LogP contribution in [0.3, 0.4) is 0 Å². The van der Waals surface area contributed by atoms with Gasteiger partial charge in [-0.05, 0) is 17.3 Å². The molecule has 0 spiro atoms. The van der Waals surface area contributed by atoms with Crippen molar-refractivity contribution in [3.05, 3.63) is 35.2 Å². The molecule has 0 aliphatic rings. The van der Waals surface area contributed by atoms with Crippen molar-refractivity contribution in [2.45, 2.75) is 0 Å². The number of nitrogens with zero attached hydrogens (tertiary/aromatic N) is 1. The van der Waals surface area contributed by atoms with E-state index in [1.807, 2.05) is 6.07 Å². The van der Waals surface area contributed by atoms with Gasteiger partial charge in [0, 0.05) is 0 Å². The topological polar surface area (TPSA) is 29.4 Å². The van der Waals surface area contributed by atoms with Crippen LogP contribution in [0, 0.1) is 4.91 Å². The molecule has 1 aromatic carbocycles. The molecule has 0 saturated heterocycles. The van der Waals surface area contributed by atoms with Crippen molar-refractivity contribution < 1.29 is 0 Å². The first-order chi connectivity index (χ1) is 3.93. The second-order valence-corrected chi connectivity index (χ2v) is 1.43. The molecule has 1 aromatic rings. The Hall–Kier alpha value is -0.297. The van der Waals surface area contributed by atoms with Gasteiger partial charge in [-0.25, -0.2) is 0 Å². The van der Waals surface area contributed by atoms with Crippen LogP contribution >= 0.6 is 0 Å². The van der Waals surface area contributed by atoms with Gasteiger partial charge in [0.05, 0.1) is 0 Å². The number of nitroso groups, excluding NO2 is 1. The third kappa shape index (κ3) is 2.66. The zero-order valence-electron chi connectivity index (χ0n) is 4.95. The van der Waals surface area contributed by atoms with Crippen LogP contribution in [0.2, 0.25) is 0 Å². The summed E-state index contributed by atoms with van der Waals surface area (Å²) in [6, 6.07) is 8.71. The van der Waals surface area contributed by atoms with Gasteiger partial charge < -0.3 is 0 Å². The standard InChI is InChI=1S/C6H5NO.Bi.3H/c8-7-6-4-2-1-3-5-6;;;;/h1-5H;;;;. The molecule has 0 unspecified atom stereocenters. The first-order valence-corrected chi connectivity index (χ1v) is 2.32. The summed E-state index contributed by atoms with van der Waals surface area (Å²) < 4.78 is 0. The third-order valence-electron chi connectivity index (χ3n) is 0.862. The fourth-order valence-electron chi connectivity index (χ4n) is 0.489. The molecule has 0 aromatic heterocycles. The van der Waals surface area contributed by atoms with E-state index in [4.69, 9.17) is 0 Å². The number of hydrogen-bond donors (Lipinski definition) is 0. The Morgan fingerprint density at radius 2 is 1.67 bits per heavy atom. The number of hydrogen-bond acceptors (Lipinski definition) is 2. The SMILES string of the molecule is O=Nc1ccccc1.[BiH3]. The van der Waals surface area contributed by atoms with Crippen LogP contribution in [-0.4, -0.2) is 26.2 Å². The van der Waals surface area contributed by atoms with Crippen LogP contribution in [0.4, 0.5) is 5.69 Å². The van der Waals surface area contributed by atoms with Crippen molar-refractivity contribution in [2.24, 2.45) is 5.18 Å². The van der Waals surface area contributed by atoms with E-state index in [0.29, 0.717) is 5.69 Å². The Morgan fingerprint density at radius 3 is 2.00 bits per heavy atom. The molecule has 0 aliphatic carbocycles. The molecular formula is C6H8BiNO. The molecule has 0 radical (unpaired) electrons. The molecule has 1 rings (SSSR count). The zero-order valence-corrected chi connectivity index (χ0v) is 10.4. The second kappa shape index (κ2) is 4.57. The van der Waals surface area contributed by atoms with Crippen LogP contribution in [0.1, 0.15) is 0 Å². The van der Waals surface area contributed by atoms with Gasteiger partial charge in [0.25, 0.3) is 0 Å². The van der Waals surface area contributed by atoms with Crippen molar-refractivity contribution in [3.63, 3.8) is 0 Å². The zero-order chi connectivity index (χ0) is 5.82. The third-order valence-corrected chi connectivity index (χ3v) is 0.862. The summed E-state index contributed by atoms with van der Waals surface area (Å²) in [5.41, 5.74) is 0.479. The Morgan fingerprint density at radius 1 is 1.11 bits per heavy atom. The molecule has 3 heteroatoms. The second-order valence-electron chi connectivity index (χ2n) is 1.43. The molecule has 0 saturated carbocycles. The Balaban J connectivity index is 0.000000640. The molecule has 2 nitrogen and oxygen atoms in total. The quantitative estimate of drug-likeness (QED) is 0.559. The molecule has 48 valence electrons. The van der Waals surface area contributed by atoms with Gasteiger partial charge in [0.15, 0.2) is 0 Å². The molecule has 0 N–H and O–H groups in total. The summed E-state index contributed by atoms with van der Waals surface area (Å²) in [5.74, 6) is 0. The molecule has 0 heterocycles. The van der Waals surface area contributed by atoms with E-state index in [9.17, 15) is 4.91 Å². The maximum absolute atomic E-state index is 9.76. The monoisotopic (exact) mass is 319 g/mol. The van der Waals surface area contributed by atoms with E-state index in [1.54, 1.807) is 24.3 Å². The molecular weight excluding hydrogens is 311 g/mol. The Labute approximate surface area is 72.4 Å². The fraction of sp³-hybridized carbons (Fsp3) is 0. The molecule has 0 amide bonds. The van der Waals surface area contributed by atoms with E-state index < -0.39 is 0 Å². The summed E-state index contributed by atoms with van der Waals surface area (Å²) in [7, 11) is 0. The van der Waals surface area contributed by atoms with Gasteiger partial charge in [-0.15, -0.1) is 4.91 Å². The van der Waals surface area contributed by atoms with Crippen LogP contribution in [0.25, 0.3) is 0 Å². The van der Waals surface area contributed by atoms with Crippen molar-refractivity contribution in [3.8, 4) is 0 Å². The van der Waals surface area contributed by atoms with E-state index in [0.717, 1.165) is 0 Å². The molecule has 0 atom stereocenters. The number of benzene rings is 1. The normalized spacial score (nSPS) is 7.56. The van der Waals surface area contributed by atoms with Crippen molar-refractivity contribution in [1.82, 2.24) is 0 Å². The molecule has 9 heavy (non-hydrogen) atoms. The Kier molecular flexibility index (Phi) is 4.42. The van der Waals surface area contributed by atoms with Crippen LogP contribution in [-0.2, 0) is 0 Å². The predicted octanol–water partition coefficient (Wildman–Crippen LogP) is 0.901. The summed E-state index contributed by atoms with van der Waals surface area (Å²) in [4.78, 5) is 9.76. The van der Waals surface area contributed by atoms with Gasteiger partial charge in [-0.1, -0.05) is 18.2 Å². The molecule has 0 fully saturated rings. The van der Waals surface area contributed by atoms with E-state index >= 15 is 0 Å². The summed E-state index contributed by atoms with van der Waals surface area (Å²) in [6.45, 7) is 0. The summed E-state index contributed by atoms with van der Waals surface area (Å²) >= 11 is 0. The van der Waals surface area contributed by atoms with Gasteiger partial charge in [-0.2, -0.15) is 0 Å². The van der Waals surface area contributed by atoms with Crippen LogP contribution in [0.15, 0.2) is 35.5 Å². The van der Waals surface area contributed by atoms with Crippen LogP contribution in [0.5, 0.6) is 0 Å². The van der Waals surface area contributed by atoms with Crippen molar-refractivity contribution in [1.29, 1.82) is 0 Å². The molecule has 0 aliphatic heterocycles. The van der Waals surface area contributed by atoms with Gasteiger partial charge in [0.2, 0.25) is 0 Å². The average Bonchev–Trinajstić information content (AvgIpc) is 1.90. The fourth-order valence-corrected chi connectivity index (χ4v) is 0.489. The maximum atomic E-state index is 9.76. The first kappa shape index (κ1) is 8.70. The van der Waals surface area contributed by atoms with Crippen molar-refractivity contribution in [2.75, 3.05) is 0 Å². The van der Waals surface area contributed by atoms with Gasteiger partial charge >= 0.3 is 26.2 Å². The average molecular weight is 319 g/mol. The van der Waals surface area contributed by atoms with E-state index in [1.165, 1.54) is 0 Å². The van der Waals surface area contributed by atoms with Gasteiger partial charge in [-0.3, -0.25) is 0 Å². The van der Waals surface area contributed by atoms with Gasteiger partial charge in [0.1, 0.15) is 5.69 Å². The van der Waals surface area contributed by atoms with Crippen molar-refractivity contribution >= 4 is 31.9 Å². The minimum absolute atomic E-state index is 0.